The summed E-state index contributed by atoms with van der Waals surface area (Å²) in [6.45, 7) is 0.296. The molecule has 5 heteroatoms. The van der Waals surface area contributed by atoms with Crippen LogP contribution in [0, 0.1) is 17.1 Å². The summed E-state index contributed by atoms with van der Waals surface area (Å²) in [5, 5.41) is 10.1. The highest BCUT2D eigenvalue weighted by Gasteiger charge is 2.10. The summed E-state index contributed by atoms with van der Waals surface area (Å²) in [6, 6.07) is 20.9. The Morgan fingerprint density at radius 1 is 1.07 bits per heavy atom. The average molecular weight is 394 g/mol. The van der Waals surface area contributed by atoms with Crippen molar-refractivity contribution in [2.75, 3.05) is 7.11 Å². The largest absolute Gasteiger partial charge is 0.493 e. The van der Waals surface area contributed by atoms with Gasteiger partial charge in [-0.2, -0.15) is 5.26 Å². The van der Waals surface area contributed by atoms with Crippen molar-refractivity contribution in [3.8, 4) is 17.6 Å². The predicted molar refractivity (Wildman–Crippen MR) is 109 cm³/mol. The lowest BCUT2D eigenvalue weighted by Gasteiger charge is -2.12. The van der Waals surface area contributed by atoms with Crippen LogP contribution in [0.25, 0.3) is 11.6 Å². The van der Waals surface area contributed by atoms with E-state index in [4.69, 9.17) is 21.1 Å². The Labute approximate surface area is 168 Å². The number of hydrogen-bond donors (Lipinski definition) is 0. The van der Waals surface area contributed by atoms with Crippen LogP contribution in [0.5, 0.6) is 11.5 Å². The standard InChI is InChI=1S/C23H17ClFNO2/c1-27-23-13-16(12-18(14-26)19-7-3-5-9-21(19)25)10-11-22(23)28-15-17-6-2-4-8-20(17)24/h2-13H,15H2,1H3/b18-12-. The van der Waals surface area contributed by atoms with Gasteiger partial charge in [0.15, 0.2) is 11.5 Å². The van der Waals surface area contributed by atoms with E-state index in [1.165, 1.54) is 13.2 Å². The number of allylic oxidation sites excluding steroid dienone is 1. The number of rotatable bonds is 6. The van der Waals surface area contributed by atoms with Crippen molar-refractivity contribution in [2.24, 2.45) is 0 Å². The number of methoxy groups -OCH3 is 1. The molecule has 0 fully saturated rings. The van der Waals surface area contributed by atoms with E-state index < -0.39 is 5.82 Å². The molecule has 0 saturated heterocycles. The van der Waals surface area contributed by atoms with Crippen molar-refractivity contribution in [1.82, 2.24) is 0 Å². The van der Waals surface area contributed by atoms with Crippen molar-refractivity contribution in [3.63, 3.8) is 0 Å². The van der Waals surface area contributed by atoms with Crippen LogP contribution in [0.2, 0.25) is 5.02 Å². The van der Waals surface area contributed by atoms with Crippen LogP contribution in [-0.2, 0) is 6.61 Å². The first-order valence-corrected chi connectivity index (χ1v) is 8.91. The summed E-state index contributed by atoms with van der Waals surface area (Å²) < 4.78 is 25.2. The minimum atomic E-state index is -0.443. The van der Waals surface area contributed by atoms with Gasteiger partial charge >= 0.3 is 0 Å². The summed E-state index contributed by atoms with van der Waals surface area (Å²) in [5.41, 5.74) is 2.04. The van der Waals surface area contributed by atoms with Gasteiger partial charge in [-0.05, 0) is 35.9 Å². The van der Waals surface area contributed by atoms with E-state index in [-0.39, 0.29) is 11.1 Å². The topological polar surface area (TPSA) is 42.2 Å². The van der Waals surface area contributed by atoms with E-state index >= 15 is 0 Å². The van der Waals surface area contributed by atoms with Gasteiger partial charge in [0, 0.05) is 16.1 Å². The maximum absolute atomic E-state index is 14.0. The number of nitriles is 1. The number of halogens is 2. The Bertz CT molecular complexity index is 1060. The summed E-state index contributed by atoms with van der Waals surface area (Å²) in [5.74, 6) is 0.609. The molecule has 3 rings (SSSR count). The smallest absolute Gasteiger partial charge is 0.161 e. The van der Waals surface area contributed by atoms with E-state index in [0.29, 0.717) is 28.7 Å². The molecule has 0 spiro atoms. The number of benzene rings is 3. The SMILES string of the molecule is COc1cc(/C=C(/C#N)c2ccccc2F)ccc1OCc1ccccc1Cl. The van der Waals surface area contributed by atoms with Crippen molar-refractivity contribution >= 4 is 23.3 Å². The molecule has 0 atom stereocenters. The molecular formula is C23H17ClFNO2. The molecule has 0 aromatic heterocycles. The molecule has 0 N–H and O–H groups in total. The van der Waals surface area contributed by atoms with Crippen LogP contribution in [0.4, 0.5) is 4.39 Å². The zero-order valence-electron chi connectivity index (χ0n) is 15.2. The minimum Gasteiger partial charge on any atom is -0.493 e. The van der Waals surface area contributed by atoms with Gasteiger partial charge in [-0.15, -0.1) is 0 Å². The Morgan fingerprint density at radius 2 is 1.82 bits per heavy atom. The first-order valence-electron chi connectivity index (χ1n) is 8.53. The molecule has 0 bridgehead atoms. The monoisotopic (exact) mass is 393 g/mol. The van der Waals surface area contributed by atoms with Crippen LogP contribution in [0.3, 0.4) is 0 Å². The second-order valence-corrected chi connectivity index (χ2v) is 6.35. The lowest BCUT2D eigenvalue weighted by molar-refractivity contribution is 0.284. The first kappa shape index (κ1) is 19.5. The fourth-order valence-electron chi connectivity index (χ4n) is 2.68. The summed E-state index contributed by atoms with van der Waals surface area (Å²) in [7, 11) is 1.53. The highest BCUT2D eigenvalue weighted by Crippen LogP contribution is 2.31. The molecule has 0 radical (unpaired) electrons. The van der Waals surface area contributed by atoms with Crippen molar-refractivity contribution in [1.29, 1.82) is 5.26 Å². The van der Waals surface area contributed by atoms with E-state index in [9.17, 15) is 9.65 Å². The average Bonchev–Trinajstić information content (AvgIpc) is 2.72. The molecule has 3 aromatic rings. The predicted octanol–water partition coefficient (Wildman–Crippen LogP) is 6.13. The Kier molecular flexibility index (Phi) is 6.31. The third kappa shape index (κ3) is 4.51. The zero-order valence-corrected chi connectivity index (χ0v) is 15.9. The van der Waals surface area contributed by atoms with E-state index in [0.717, 1.165) is 5.56 Å². The summed E-state index contributed by atoms with van der Waals surface area (Å²) in [4.78, 5) is 0. The van der Waals surface area contributed by atoms with Crippen LogP contribution >= 0.6 is 11.6 Å². The normalized spacial score (nSPS) is 11.0. The molecule has 0 aliphatic carbocycles. The molecule has 0 aliphatic rings. The Hall–Kier alpha value is -3.29. The van der Waals surface area contributed by atoms with Gasteiger partial charge in [-0.3, -0.25) is 0 Å². The quantitative estimate of drug-likeness (QED) is 0.373. The number of nitrogens with zero attached hydrogens (tertiary/aromatic N) is 1. The number of ether oxygens (including phenoxy) is 2. The highest BCUT2D eigenvalue weighted by atomic mass is 35.5. The van der Waals surface area contributed by atoms with Gasteiger partial charge in [0.2, 0.25) is 0 Å². The lowest BCUT2D eigenvalue weighted by Crippen LogP contribution is -1.98. The van der Waals surface area contributed by atoms with Crippen molar-refractivity contribution < 1.29 is 13.9 Å². The van der Waals surface area contributed by atoms with Gasteiger partial charge in [0.1, 0.15) is 12.4 Å². The van der Waals surface area contributed by atoms with Crippen molar-refractivity contribution in [3.05, 3.63) is 94.3 Å². The molecule has 0 aliphatic heterocycles. The third-order valence-corrected chi connectivity index (χ3v) is 4.49. The molecular weight excluding hydrogens is 377 g/mol. The molecule has 0 saturated carbocycles. The van der Waals surface area contributed by atoms with Crippen LogP contribution < -0.4 is 9.47 Å². The van der Waals surface area contributed by atoms with Gasteiger partial charge in [-0.1, -0.05) is 54.1 Å². The second kappa shape index (κ2) is 9.07. The fraction of sp³-hybridized carbons (Fsp3) is 0.0870. The maximum atomic E-state index is 14.0. The molecule has 0 unspecified atom stereocenters. The Balaban J connectivity index is 1.86. The van der Waals surface area contributed by atoms with Crippen LogP contribution in [0.1, 0.15) is 16.7 Å². The Morgan fingerprint density at radius 3 is 2.54 bits per heavy atom. The minimum absolute atomic E-state index is 0.227. The third-order valence-electron chi connectivity index (χ3n) is 4.12. The molecule has 3 aromatic carbocycles. The molecule has 3 nitrogen and oxygen atoms in total. The number of hydrogen-bond acceptors (Lipinski definition) is 3. The van der Waals surface area contributed by atoms with Gasteiger partial charge in [0.25, 0.3) is 0 Å². The van der Waals surface area contributed by atoms with Crippen LogP contribution in [0.15, 0.2) is 66.7 Å². The van der Waals surface area contributed by atoms with Crippen molar-refractivity contribution in [2.45, 2.75) is 6.61 Å². The first-order chi connectivity index (χ1) is 13.6. The van der Waals surface area contributed by atoms with E-state index in [2.05, 4.69) is 0 Å². The second-order valence-electron chi connectivity index (χ2n) is 5.94. The summed E-state index contributed by atoms with van der Waals surface area (Å²) >= 11 is 6.15. The lowest BCUT2D eigenvalue weighted by atomic mass is 10.0. The summed E-state index contributed by atoms with van der Waals surface area (Å²) in [6.07, 6.45) is 1.61. The highest BCUT2D eigenvalue weighted by molar-refractivity contribution is 6.31. The maximum Gasteiger partial charge on any atom is 0.161 e. The van der Waals surface area contributed by atoms with E-state index in [1.807, 2.05) is 24.3 Å². The van der Waals surface area contributed by atoms with Gasteiger partial charge < -0.3 is 9.47 Å². The van der Waals surface area contributed by atoms with Gasteiger partial charge in [-0.25, -0.2) is 4.39 Å². The zero-order chi connectivity index (χ0) is 19.9. The molecule has 28 heavy (non-hydrogen) atoms. The molecule has 0 heterocycles. The molecule has 0 amide bonds. The van der Waals surface area contributed by atoms with Gasteiger partial charge in [0.05, 0.1) is 18.8 Å². The fourth-order valence-corrected chi connectivity index (χ4v) is 2.87. The van der Waals surface area contributed by atoms with Crippen LogP contribution in [-0.4, -0.2) is 7.11 Å². The molecule has 140 valence electrons. The van der Waals surface area contributed by atoms with E-state index in [1.54, 1.807) is 48.5 Å².